The summed E-state index contributed by atoms with van der Waals surface area (Å²) >= 11 is 6.82. The van der Waals surface area contributed by atoms with Crippen LogP contribution in [0.25, 0.3) is 0 Å². The second-order valence-corrected chi connectivity index (χ2v) is 9.64. The first-order valence-corrected chi connectivity index (χ1v) is 12.3. The van der Waals surface area contributed by atoms with E-state index in [4.69, 9.17) is 11.6 Å². The van der Waals surface area contributed by atoms with Gasteiger partial charge >= 0.3 is 0 Å². The van der Waals surface area contributed by atoms with Crippen LogP contribution in [0.5, 0.6) is 0 Å². The second-order valence-electron chi connectivity index (χ2n) is 8.22. The average Bonchev–Trinajstić information content (AvgIpc) is 3.35. The van der Waals surface area contributed by atoms with Crippen LogP contribution in [0.1, 0.15) is 39.4 Å². The molecule has 2 aromatic rings. The number of carbonyl (C=O) groups is 3. The van der Waals surface area contributed by atoms with Gasteiger partial charge in [-0.3, -0.25) is 14.4 Å². The Labute approximate surface area is 201 Å². The Bertz CT molecular complexity index is 1010. The van der Waals surface area contributed by atoms with E-state index in [-0.39, 0.29) is 27.7 Å². The Morgan fingerprint density at radius 1 is 1.03 bits per heavy atom. The second kappa shape index (κ2) is 10.6. The lowest BCUT2D eigenvalue weighted by Crippen LogP contribution is -2.52. The molecule has 2 fully saturated rings. The third-order valence-corrected chi connectivity index (χ3v) is 7.26. The molecule has 33 heavy (non-hydrogen) atoms. The van der Waals surface area contributed by atoms with E-state index in [1.165, 1.54) is 0 Å². The number of piperazine rings is 1. The molecule has 0 saturated carbocycles. The number of rotatable bonds is 5. The minimum Gasteiger partial charge on any atom is -0.340 e. The molecule has 9 nitrogen and oxygen atoms in total. The molecule has 2 saturated heterocycles. The highest BCUT2D eigenvalue weighted by Gasteiger charge is 2.34. The molecule has 1 aromatic heterocycles. The SMILES string of the molecule is CCN1CCN(C(=O)[C@@H]2CCCN(C(=O)c3nnc(C(=O)Nc4ccc(Cl)cc4)s3)C2)CC1. The van der Waals surface area contributed by atoms with E-state index in [0.29, 0.717) is 23.8 Å². The first kappa shape index (κ1) is 23.6. The van der Waals surface area contributed by atoms with Crippen LogP contribution in [-0.4, -0.2) is 88.4 Å². The van der Waals surface area contributed by atoms with Crippen molar-refractivity contribution in [3.8, 4) is 0 Å². The highest BCUT2D eigenvalue weighted by Crippen LogP contribution is 2.23. The number of piperidine rings is 1. The van der Waals surface area contributed by atoms with Crippen molar-refractivity contribution in [3.05, 3.63) is 39.3 Å². The predicted octanol–water partition coefficient (Wildman–Crippen LogP) is 2.46. The molecule has 0 unspecified atom stereocenters. The normalized spacial score (nSPS) is 19.4. The summed E-state index contributed by atoms with van der Waals surface area (Å²) in [5.41, 5.74) is 0.574. The number of aromatic nitrogens is 2. The molecule has 2 aliphatic heterocycles. The maximum atomic E-state index is 13.0. The number of hydrogen-bond acceptors (Lipinski definition) is 7. The van der Waals surface area contributed by atoms with Crippen molar-refractivity contribution in [2.45, 2.75) is 19.8 Å². The van der Waals surface area contributed by atoms with E-state index in [1.54, 1.807) is 29.2 Å². The fraction of sp³-hybridized carbons (Fsp3) is 0.500. The van der Waals surface area contributed by atoms with Gasteiger partial charge in [-0.15, -0.1) is 10.2 Å². The molecule has 0 bridgehead atoms. The zero-order valence-corrected chi connectivity index (χ0v) is 20.1. The van der Waals surface area contributed by atoms with Gasteiger partial charge in [0.15, 0.2) is 0 Å². The van der Waals surface area contributed by atoms with Gasteiger partial charge in [-0.2, -0.15) is 0 Å². The van der Waals surface area contributed by atoms with E-state index in [1.807, 2.05) is 4.90 Å². The summed E-state index contributed by atoms with van der Waals surface area (Å²) in [6.45, 7) is 7.32. The lowest BCUT2D eigenvalue weighted by Gasteiger charge is -2.38. The van der Waals surface area contributed by atoms with Gasteiger partial charge in [0, 0.05) is 50.0 Å². The van der Waals surface area contributed by atoms with Gasteiger partial charge in [0.2, 0.25) is 15.9 Å². The third-order valence-electron chi connectivity index (χ3n) is 6.09. The van der Waals surface area contributed by atoms with Crippen LogP contribution >= 0.6 is 22.9 Å². The summed E-state index contributed by atoms with van der Waals surface area (Å²) in [7, 11) is 0. The van der Waals surface area contributed by atoms with E-state index in [2.05, 4.69) is 27.3 Å². The van der Waals surface area contributed by atoms with E-state index in [0.717, 1.165) is 56.9 Å². The molecule has 176 valence electrons. The maximum Gasteiger partial charge on any atom is 0.286 e. The summed E-state index contributed by atoms with van der Waals surface area (Å²) in [6, 6.07) is 6.70. The first-order valence-electron chi connectivity index (χ1n) is 11.2. The van der Waals surface area contributed by atoms with Crippen LogP contribution in [-0.2, 0) is 4.79 Å². The van der Waals surface area contributed by atoms with Crippen LogP contribution in [0.2, 0.25) is 5.02 Å². The molecule has 0 aliphatic carbocycles. The summed E-state index contributed by atoms with van der Waals surface area (Å²) in [5.74, 6) is -0.793. The van der Waals surface area contributed by atoms with E-state index < -0.39 is 5.91 Å². The molecule has 0 spiro atoms. The molecule has 0 radical (unpaired) electrons. The van der Waals surface area contributed by atoms with Crippen molar-refractivity contribution in [2.24, 2.45) is 5.92 Å². The Morgan fingerprint density at radius 3 is 2.42 bits per heavy atom. The van der Waals surface area contributed by atoms with Crippen molar-refractivity contribution >= 4 is 46.3 Å². The number of benzene rings is 1. The van der Waals surface area contributed by atoms with Gasteiger partial charge in [0.05, 0.1) is 5.92 Å². The largest absolute Gasteiger partial charge is 0.340 e. The molecule has 3 heterocycles. The van der Waals surface area contributed by atoms with E-state index in [9.17, 15) is 14.4 Å². The van der Waals surface area contributed by atoms with Gasteiger partial charge in [0.1, 0.15) is 0 Å². The smallest absolute Gasteiger partial charge is 0.286 e. The van der Waals surface area contributed by atoms with Crippen molar-refractivity contribution in [3.63, 3.8) is 0 Å². The lowest BCUT2D eigenvalue weighted by atomic mass is 9.96. The number of likely N-dealkylation sites (N-methyl/N-ethyl adjacent to an activating group) is 1. The summed E-state index contributed by atoms with van der Waals surface area (Å²) in [4.78, 5) is 44.4. The van der Waals surface area contributed by atoms with Crippen molar-refractivity contribution in [1.82, 2.24) is 24.9 Å². The number of nitrogens with one attached hydrogen (secondary N) is 1. The first-order chi connectivity index (χ1) is 15.9. The minimum absolute atomic E-state index is 0.103. The minimum atomic E-state index is -0.438. The Morgan fingerprint density at radius 2 is 1.73 bits per heavy atom. The zero-order chi connectivity index (χ0) is 23.4. The summed E-state index contributed by atoms with van der Waals surface area (Å²) in [6.07, 6.45) is 1.54. The number of halogens is 1. The van der Waals surface area contributed by atoms with Crippen molar-refractivity contribution < 1.29 is 14.4 Å². The Hall–Kier alpha value is -2.56. The molecule has 2 aliphatic rings. The van der Waals surface area contributed by atoms with Crippen LogP contribution < -0.4 is 5.32 Å². The monoisotopic (exact) mass is 490 g/mol. The fourth-order valence-corrected chi connectivity index (χ4v) is 4.99. The Kier molecular flexibility index (Phi) is 7.56. The molecule has 11 heteroatoms. The fourth-order valence-electron chi connectivity index (χ4n) is 4.16. The molecule has 1 aromatic carbocycles. The van der Waals surface area contributed by atoms with Gasteiger partial charge in [-0.1, -0.05) is 29.9 Å². The third kappa shape index (κ3) is 5.69. The molecule has 1 atom stereocenters. The highest BCUT2D eigenvalue weighted by atomic mass is 35.5. The molecular weight excluding hydrogens is 464 g/mol. The van der Waals surface area contributed by atoms with Gasteiger partial charge < -0.3 is 20.0 Å². The molecule has 4 rings (SSSR count). The van der Waals surface area contributed by atoms with Crippen LogP contribution in [0.3, 0.4) is 0 Å². The average molecular weight is 491 g/mol. The summed E-state index contributed by atoms with van der Waals surface area (Å²) < 4.78 is 0. The van der Waals surface area contributed by atoms with Gasteiger partial charge in [-0.25, -0.2) is 0 Å². The number of hydrogen-bond donors (Lipinski definition) is 1. The number of anilines is 1. The van der Waals surface area contributed by atoms with Gasteiger partial charge in [-0.05, 0) is 43.7 Å². The quantitative estimate of drug-likeness (QED) is 0.691. The number of carbonyl (C=O) groups excluding carboxylic acids is 3. The van der Waals surface area contributed by atoms with E-state index >= 15 is 0 Å². The summed E-state index contributed by atoms with van der Waals surface area (Å²) in [5, 5.41) is 11.4. The lowest BCUT2D eigenvalue weighted by molar-refractivity contribution is -0.138. The standard InChI is InChI=1S/C22H27ClN6O3S/c1-2-27-10-12-28(13-11-27)21(31)15-4-3-9-29(14-15)22(32)20-26-25-19(33-20)18(30)24-17-7-5-16(23)6-8-17/h5-8,15H,2-4,9-14H2,1H3,(H,24,30)/t15-/m1/s1. The molecule has 3 amide bonds. The van der Waals surface area contributed by atoms with Crippen molar-refractivity contribution in [2.75, 3.05) is 51.1 Å². The van der Waals surface area contributed by atoms with Gasteiger partial charge in [0.25, 0.3) is 11.8 Å². The highest BCUT2D eigenvalue weighted by molar-refractivity contribution is 7.15. The van der Waals surface area contributed by atoms with Crippen molar-refractivity contribution in [1.29, 1.82) is 0 Å². The van der Waals surface area contributed by atoms with Crippen LogP contribution in [0.15, 0.2) is 24.3 Å². The Balaban J connectivity index is 1.35. The maximum absolute atomic E-state index is 13.0. The number of nitrogens with zero attached hydrogens (tertiary/aromatic N) is 5. The topological polar surface area (TPSA) is 98.7 Å². The predicted molar refractivity (Wildman–Crippen MR) is 127 cm³/mol. The van der Waals surface area contributed by atoms with Crippen LogP contribution in [0.4, 0.5) is 5.69 Å². The molecule has 1 N–H and O–H groups in total. The zero-order valence-electron chi connectivity index (χ0n) is 18.5. The van der Waals surface area contributed by atoms with Crippen LogP contribution in [0, 0.1) is 5.92 Å². The number of likely N-dealkylation sites (tertiary alicyclic amines) is 1. The molecular formula is C22H27ClN6O3S. The number of amides is 3.